The van der Waals surface area contributed by atoms with Crippen molar-refractivity contribution in [2.75, 3.05) is 24.2 Å². The average molecular weight is 570 g/mol. The van der Waals surface area contributed by atoms with Crippen molar-refractivity contribution in [2.45, 2.75) is 30.4 Å². The van der Waals surface area contributed by atoms with Crippen LogP contribution in [0.1, 0.15) is 19.4 Å². The third-order valence-corrected chi connectivity index (χ3v) is 9.06. The van der Waals surface area contributed by atoms with Crippen LogP contribution in [-0.2, 0) is 21.4 Å². The Morgan fingerprint density at radius 3 is 2.37 bits per heavy atom. The largest absolute Gasteiger partial charge is 0.325 e. The Balaban J connectivity index is 1.51. The zero-order valence-corrected chi connectivity index (χ0v) is 23.4. The highest BCUT2D eigenvalue weighted by molar-refractivity contribution is 7.99. The van der Waals surface area contributed by atoms with Gasteiger partial charge in [0, 0.05) is 29.4 Å². The first-order valence-corrected chi connectivity index (χ1v) is 14.9. The molecule has 0 unspecified atom stereocenters. The lowest BCUT2D eigenvalue weighted by molar-refractivity contribution is -0.113. The van der Waals surface area contributed by atoms with Crippen LogP contribution < -0.4 is 5.32 Å². The fraction of sp³-hybridized carbons (Fsp3) is 0.222. The van der Waals surface area contributed by atoms with Gasteiger partial charge in [-0.3, -0.25) is 9.36 Å². The maximum atomic E-state index is 12.9. The Labute approximate surface area is 232 Å². The fourth-order valence-corrected chi connectivity index (χ4v) is 6.26. The average Bonchev–Trinajstić information content (AvgIpc) is 3.31. The van der Waals surface area contributed by atoms with Crippen LogP contribution in [0.25, 0.3) is 11.4 Å². The summed E-state index contributed by atoms with van der Waals surface area (Å²) in [7, 11) is -3.63. The first kappa shape index (κ1) is 27.8. The molecule has 8 nitrogen and oxygen atoms in total. The topological polar surface area (TPSA) is 97.2 Å². The quantitative estimate of drug-likeness (QED) is 0.243. The lowest BCUT2D eigenvalue weighted by Crippen LogP contribution is -2.30. The molecule has 1 aromatic heterocycles. The number of halogens is 1. The molecule has 0 atom stereocenters. The van der Waals surface area contributed by atoms with Crippen molar-refractivity contribution in [1.29, 1.82) is 0 Å². The number of benzene rings is 3. The molecule has 1 N–H and O–H groups in total. The molecular formula is C27H28ClN5O3S2. The van der Waals surface area contributed by atoms with Gasteiger partial charge in [0.2, 0.25) is 15.9 Å². The molecule has 0 fully saturated rings. The zero-order chi connectivity index (χ0) is 27.1. The number of carbonyl (C=O) groups excluding carboxylic acids is 1. The molecule has 1 amide bonds. The van der Waals surface area contributed by atoms with Gasteiger partial charge in [0.15, 0.2) is 11.0 Å². The fourth-order valence-electron chi connectivity index (χ4n) is 3.89. The van der Waals surface area contributed by atoms with Crippen LogP contribution >= 0.6 is 23.4 Å². The van der Waals surface area contributed by atoms with Gasteiger partial charge in [-0.05, 0) is 48.0 Å². The number of thioether (sulfide) groups is 1. The molecule has 38 heavy (non-hydrogen) atoms. The maximum absolute atomic E-state index is 12.9. The molecule has 198 valence electrons. The van der Waals surface area contributed by atoms with Crippen LogP contribution in [0.15, 0.2) is 88.9 Å². The number of nitrogens with one attached hydrogen (secondary N) is 1. The van der Waals surface area contributed by atoms with Crippen molar-refractivity contribution in [3.63, 3.8) is 0 Å². The lowest BCUT2D eigenvalue weighted by Gasteiger charge is -2.18. The normalized spacial score (nSPS) is 11.6. The predicted molar refractivity (Wildman–Crippen MR) is 152 cm³/mol. The molecular weight excluding hydrogens is 542 g/mol. The molecule has 3 aromatic carbocycles. The van der Waals surface area contributed by atoms with Gasteiger partial charge >= 0.3 is 0 Å². The molecule has 0 saturated carbocycles. The number of hydrogen-bond acceptors (Lipinski definition) is 6. The first-order valence-electron chi connectivity index (χ1n) is 12.1. The smallest absolute Gasteiger partial charge is 0.243 e. The van der Waals surface area contributed by atoms with Crippen LogP contribution in [0, 0.1) is 0 Å². The van der Waals surface area contributed by atoms with Crippen LogP contribution in [0.5, 0.6) is 0 Å². The summed E-state index contributed by atoms with van der Waals surface area (Å²) in [6.45, 7) is 4.85. The molecule has 0 aliphatic carbocycles. The van der Waals surface area contributed by atoms with E-state index >= 15 is 0 Å². The minimum atomic E-state index is -3.63. The molecule has 4 aromatic rings. The Bertz CT molecular complexity index is 1490. The zero-order valence-electron chi connectivity index (χ0n) is 21.0. The van der Waals surface area contributed by atoms with Gasteiger partial charge in [-0.25, -0.2) is 8.42 Å². The molecule has 11 heteroatoms. The van der Waals surface area contributed by atoms with E-state index in [1.165, 1.54) is 28.2 Å². The molecule has 1 heterocycles. The second-order valence-electron chi connectivity index (χ2n) is 8.34. The first-order chi connectivity index (χ1) is 18.3. The van der Waals surface area contributed by atoms with E-state index in [9.17, 15) is 13.2 Å². The van der Waals surface area contributed by atoms with Crippen LogP contribution in [-0.4, -0.2) is 52.2 Å². The number of amides is 1. The van der Waals surface area contributed by atoms with Gasteiger partial charge in [0.25, 0.3) is 0 Å². The number of rotatable bonds is 11. The van der Waals surface area contributed by atoms with E-state index in [0.29, 0.717) is 41.3 Å². The van der Waals surface area contributed by atoms with E-state index in [2.05, 4.69) is 15.5 Å². The molecule has 0 radical (unpaired) electrons. The van der Waals surface area contributed by atoms with Gasteiger partial charge in [0.1, 0.15) is 0 Å². The van der Waals surface area contributed by atoms with Crippen LogP contribution in [0.2, 0.25) is 5.02 Å². The minimum Gasteiger partial charge on any atom is -0.325 e. The molecule has 0 aliphatic heterocycles. The Morgan fingerprint density at radius 1 is 0.974 bits per heavy atom. The van der Waals surface area contributed by atoms with Crippen molar-refractivity contribution >= 4 is 45.0 Å². The van der Waals surface area contributed by atoms with E-state index in [0.717, 1.165) is 11.1 Å². The molecule has 0 bridgehead atoms. The molecule has 4 rings (SSSR count). The summed E-state index contributed by atoms with van der Waals surface area (Å²) in [5, 5.41) is 12.8. The van der Waals surface area contributed by atoms with Crippen molar-refractivity contribution in [2.24, 2.45) is 0 Å². The monoisotopic (exact) mass is 569 g/mol. The summed E-state index contributed by atoms with van der Waals surface area (Å²) in [6.07, 6.45) is 0. The van der Waals surface area contributed by atoms with E-state index in [-0.39, 0.29) is 16.6 Å². The van der Waals surface area contributed by atoms with Crippen molar-refractivity contribution in [1.82, 2.24) is 19.1 Å². The maximum Gasteiger partial charge on any atom is 0.243 e. The van der Waals surface area contributed by atoms with E-state index in [4.69, 9.17) is 11.6 Å². The van der Waals surface area contributed by atoms with Crippen molar-refractivity contribution in [3.8, 4) is 11.4 Å². The second-order valence-corrected chi connectivity index (χ2v) is 11.7. The lowest BCUT2D eigenvalue weighted by atomic mass is 10.2. The highest BCUT2D eigenvalue weighted by Gasteiger charge is 2.22. The highest BCUT2D eigenvalue weighted by atomic mass is 35.5. The number of carbonyl (C=O) groups is 1. The van der Waals surface area contributed by atoms with Gasteiger partial charge in [-0.1, -0.05) is 73.6 Å². The van der Waals surface area contributed by atoms with E-state index < -0.39 is 10.0 Å². The van der Waals surface area contributed by atoms with E-state index in [1.807, 2.05) is 47.0 Å². The van der Waals surface area contributed by atoms with Gasteiger partial charge in [-0.15, -0.1) is 10.2 Å². The Morgan fingerprint density at radius 2 is 1.68 bits per heavy atom. The standard InChI is InChI=1S/C27H28ClN5O3S2/c1-3-32(4-2)38(35,36)24-12-8-11-23(17-24)29-25(34)19-37-27-31-30-26(21-13-15-22(28)16-14-21)33(27)18-20-9-6-5-7-10-20/h5-17H,3-4,18-19H2,1-2H3,(H,29,34). The number of aromatic nitrogens is 3. The Hall–Kier alpha value is -3.18. The Kier molecular flexibility index (Phi) is 9.22. The molecule has 0 saturated heterocycles. The number of hydrogen-bond donors (Lipinski definition) is 1. The molecule has 0 spiro atoms. The summed E-state index contributed by atoms with van der Waals surface area (Å²) < 4.78 is 29.0. The minimum absolute atomic E-state index is 0.0700. The van der Waals surface area contributed by atoms with Gasteiger partial charge < -0.3 is 5.32 Å². The number of nitrogens with zero attached hydrogens (tertiary/aromatic N) is 4. The van der Waals surface area contributed by atoms with Crippen LogP contribution in [0.3, 0.4) is 0 Å². The van der Waals surface area contributed by atoms with E-state index in [1.54, 1.807) is 38.1 Å². The second kappa shape index (κ2) is 12.6. The summed E-state index contributed by atoms with van der Waals surface area (Å²) >= 11 is 7.32. The summed E-state index contributed by atoms with van der Waals surface area (Å²) in [4.78, 5) is 13.0. The summed E-state index contributed by atoms with van der Waals surface area (Å²) in [6, 6.07) is 23.6. The predicted octanol–water partition coefficient (Wildman–Crippen LogP) is 5.41. The summed E-state index contributed by atoms with van der Waals surface area (Å²) in [5.74, 6) is 0.457. The third kappa shape index (κ3) is 6.63. The van der Waals surface area contributed by atoms with Crippen molar-refractivity contribution in [3.05, 3.63) is 89.4 Å². The summed E-state index contributed by atoms with van der Waals surface area (Å²) in [5.41, 5.74) is 2.34. The number of anilines is 1. The third-order valence-electron chi connectivity index (χ3n) is 5.80. The van der Waals surface area contributed by atoms with Crippen molar-refractivity contribution < 1.29 is 13.2 Å². The SMILES string of the molecule is CCN(CC)S(=O)(=O)c1cccc(NC(=O)CSc2nnc(-c3ccc(Cl)cc3)n2Cc2ccccc2)c1. The number of sulfonamides is 1. The van der Waals surface area contributed by atoms with Gasteiger partial charge in [-0.2, -0.15) is 4.31 Å². The molecule has 0 aliphatic rings. The van der Waals surface area contributed by atoms with Crippen LogP contribution in [0.4, 0.5) is 5.69 Å². The van der Waals surface area contributed by atoms with Gasteiger partial charge in [0.05, 0.1) is 17.2 Å². The highest BCUT2D eigenvalue weighted by Crippen LogP contribution is 2.27.